The third kappa shape index (κ3) is 6.77. The summed E-state index contributed by atoms with van der Waals surface area (Å²) in [4.78, 5) is 9.93. The molecular formula is C15H24O2. The van der Waals surface area contributed by atoms with Crippen LogP contribution in [0.15, 0.2) is 30.3 Å². The lowest BCUT2D eigenvalue weighted by atomic mass is 9.99. The van der Waals surface area contributed by atoms with Crippen LogP contribution in [0, 0.1) is 5.92 Å². The van der Waals surface area contributed by atoms with Gasteiger partial charge < -0.3 is 5.11 Å². The van der Waals surface area contributed by atoms with E-state index in [1.807, 2.05) is 6.92 Å². The van der Waals surface area contributed by atoms with E-state index in [1.165, 1.54) is 12.0 Å². The molecule has 0 fully saturated rings. The Morgan fingerprint density at radius 2 is 1.65 bits per heavy atom. The molecule has 96 valence electrons. The zero-order valence-corrected chi connectivity index (χ0v) is 11.3. The van der Waals surface area contributed by atoms with Crippen molar-refractivity contribution in [2.45, 2.75) is 46.5 Å². The molecule has 2 nitrogen and oxygen atoms in total. The van der Waals surface area contributed by atoms with E-state index in [0.717, 1.165) is 6.42 Å². The van der Waals surface area contributed by atoms with Crippen LogP contribution in [0.5, 0.6) is 0 Å². The molecule has 2 unspecified atom stereocenters. The standard InChI is InChI=1S/C10H14.C5H10O2/c1-3-9(2)10-7-5-4-6-8-10;1-3-4(2)5(6)7/h4-9H,3H2,1-2H3;4H,3H2,1-2H3,(H,6,7). The largest absolute Gasteiger partial charge is 0.481 e. The lowest BCUT2D eigenvalue weighted by Crippen LogP contribution is -2.06. The SMILES string of the molecule is CCC(C)C(=O)O.CCC(C)c1ccccc1. The first kappa shape index (κ1) is 15.7. The number of carbonyl (C=O) groups is 1. The highest BCUT2D eigenvalue weighted by molar-refractivity contribution is 5.69. The van der Waals surface area contributed by atoms with Gasteiger partial charge in [-0.15, -0.1) is 0 Å². The predicted octanol–water partition coefficient (Wildman–Crippen LogP) is 4.32. The van der Waals surface area contributed by atoms with Crippen molar-refractivity contribution < 1.29 is 9.90 Å². The number of carboxylic acids is 1. The molecule has 0 aliphatic rings. The minimum atomic E-state index is -0.706. The van der Waals surface area contributed by atoms with Crippen molar-refractivity contribution in [1.82, 2.24) is 0 Å². The zero-order chi connectivity index (χ0) is 13.3. The normalized spacial score (nSPS) is 13.2. The summed E-state index contributed by atoms with van der Waals surface area (Å²) < 4.78 is 0. The highest BCUT2D eigenvalue weighted by Gasteiger charge is 2.05. The zero-order valence-electron chi connectivity index (χ0n) is 11.3. The molecule has 1 aromatic rings. The van der Waals surface area contributed by atoms with Crippen molar-refractivity contribution in [3.8, 4) is 0 Å². The molecule has 0 heterocycles. The second kappa shape index (κ2) is 8.80. The molecule has 0 spiro atoms. The molecule has 0 aliphatic carbocycles. The Kier molecular flexibility index (Phi) is 8.12. The Labute approximate surface area is 105 Å². The van der Waals surface area contributed by atoms with Crippen LogP contribution in [-0.2, 0) is 4.79 Å². The Morgan fingerprint density at radius 3 is 1.94 bits per heavy atom. The third-order valence-corrected chi connectivity index (χ3v) is 3.01. The number of hydrogen-bond acceptors (Lipinski definition) is 1. The monoisotopic (exact) mass is 236 g/mol. The fourth-order valence-electron chi connectivity index (χ4n) is 1.19. The van der Waals surface area contributed by atoms with Gasteiger partial charge in [0.05, 0.1) is 5.92 Å². The molecule has 2 atom stereocenters. The Balaban J connectivity index is 0.000000325. The van der Waals surface area contributed by atoms with E-state index in [9.17, 15) is 4.79 Å². The van der Waals surface area contributed by atoms with E-state index in [0.29, 0.717) is 5.92 Å². The molecule has 2 heteroatoms. The van der Waals surface area contributed by atoms with Crippen LogP contribution < -0.4 is 0 Å². The van der Waals surface area contributed by atoms with Crippen LogP contribution in [0.1, 0.15) is 52.0 Å². The summed E-state index contributed by atoms with van der Waals surface area (Å²) in [5, 5.41) is 8.18. The van der Waals surface area contributed by atoms with Crippen LogP contribution in [0.3, 0.4) is 0 Å². The summed E-state index contributed by atoms with van der Waals surface area (Å²) in [6.45, 7) is 8.04. The van der Waals surface area contributed by atoms with E-state index in [2.05, 4.69) is 44.2 Å². The van der Waals surface area contributed by atoms with Crippen molar-refractivity contribution in [3.63, 3.8) is 0 Å². The van der Waals surface area contributed by atoms with Gasteiger partial charge in [0, 0.05) is 0 Å². The maximum atomic E-state index is 9.93. The van der Waals surface area contributed by atoms with E-state index in [1.54, 1.807) is 6.92 Å². The molecule has 0 saturated heterocycles. The fourth-order valence-corrected chi connectivity index (χ4v) is 1.19. The summed E-state index contributed by atoms with van der Waals surface area (Å²) in [5.41, 5.74) is 1.45. The average Bonchev–Trinajstić information content (AvgIpc) is 2.38. The van der Waals surface area contributed by atoms with Crippen LogP contribution in [0.2, 0.25) is 0 Å². The van der Waals surface area contributed by atoms with Crippen LogP contribution in [-0.4, -0.2) is 11.1 Å². The minimum absolute atomic E-state index is 0.181. The highest BCUT2D eigenvalue weighted by atomic mass is 16.4. The van der Waals surface area contributed by atoms with Gasteiger partial charge in [-0.3, -0.25) is 4.79 Å². The topological polar surface area (TPSA) is 37.3 Å². The molecule has 0 saturated carbocycles. The Morgan fingerprint density at radius 1 is 1.12 bits per heavy atom. The highest BCUT2D eigenvalue weighted by Crippen LogP contribution is 2.16. The van der Waals surface area contributed by atoms with Crippen molar-refractivity contribution in [2.24, 2.45) is 5.92 Å². The average molecular weight is 236 g/mol. The lowest BCUT2D eigenvalue weighted by molar-refractivity contribution is -0.141. The molecule has 0 amide bonds. The van der Waals surface area contributed by atoms with Gasteiger partial charge in [-0.25, -0.2) is 0 Å². The number of benzene rings is 1. The second-order valence-electron chi connectivity index (χ2n) is 4.37. The first-order chi connectivity index (χ1) is 8.02. The number of aliphatic carboxylic acids is 1. The number of carboxylic acid groups (broad SMARTS) is 1. The molecule has 17 heavy (non-hydrogen) atoms. The quantitative estimate of drug-likeness (QED) is 0.845. The van der Waals surface area contributed by atoms with Gasteiger partial charge >= 0.3 is 5.97 Å². The van der Waals surface area contributed by atoms with Crippen molar-refractivity contribution in [1.29, 1.82) is 0 Å². The van der Waals surface area contributed by atoms with Crippen LogP contribution in [0.25, 0.3) is 0 Å². The Hall–Kier alpha value is -1.31. The van der Waals surface area contributed by atoms with Crippen molar-refractivity contribution in [3.05, 3.63) is 35.9 Å². The first-order valence-corrected chi connectivity index (χ1v) is 6.30. The van der Waals surface area contributed by atoms with E-state index >= 15 is 0 Å². The maximum absolute atomic E-state index is 9.93. The fraction of sp³-hybridized carbons (Fsp3) is 0.533. The van der Waals surface area contributed by atoms with Crippen molar-refractivity contribution >= 4 is 5.97 Å². The van der Waals surface area contributed by atoms with Crippen LogP contribution in [0.4, 0.5) is 0 Å². The van der Waals surface area contributed by atoms with E-state index < -0.39 is 5.97 Å². The van der Waals surface area contributed by atoms with Gasteiger partial charge in [-0.2, -0.15) is 0 Å². The van der Waals surface area contributed by atoms with Gasteiger partial charge in [0.2, 0.25) is 0 Å². The molecule has 0 bridgehead atoms. The molecule has 1 aromatic carbocycles. The molecule has 1 N–H and O–H groups in total. The smallest absolute Gasteiger partial charge is 0.306 e. The van der Waals surface area contributed by atoms with Gasteiger partial charge in [-0.1, -0.05) is 58.0 Å². The molecule has 1 rings (SSSR count). The molecular weight excluding hydrogens is 212 g/mol. The third-order valence-electron chi connectivity index (χ3n) is 3.01. The Bertz CT molecular complexity index is 306. The van der Waals surface area contributed by atoms with Gasteiger partial charge in [0.25, 0.3) is 0 Å². The van der Waals surface area contributed by atoms with Crippen LogP contribution >= 0.6 is 0 Å². The van der Waals surface area contributed by atoms with Gasteiger partial charge in [0.1, 0.15) is 0 Å². The van der Waals surface area contributed by atoms with Crippen molar-refractivity contribution in [2.75, 3.05) is 0 Å². The van der Waals surface area contributed by atoms with E-state index in [4.69, 9.17) is 5.11 Å². The van der Waals surface area contributed by atoms with Gasteiger partial charge in [-0.05, 0) is 24.3 Å². The van der Waals surface area contributed by atoms with E-state index in [-0.39, 0.29) is 5.92 Å². The van der Waals surface area contributed by atoms with Gasteiger partial charge in [0.15, 0.2) is 0 Å². The first-order valence-electron chi connectivity index (χ1n) is 6.30. The summed E-state index contributed by atoms with van der Waals surface area (Å²) in [6, 6.07) is 10.6. The minimum Gasteiger partial charge on any atom is -0.481 e. The predicted molar refractivity (Wildman–Crippen MR) is 72.2 cm³/mol. The number of rotatable bonds is 4. The lowest BCUT2D eigenvalue weighted by Gasteiger charge is -2.06. The molecule has 0 radical (unpaired) electrons. The molecule has 0 aromatic heterocycles. The maximum Gasteiger partial charge on any atom is 0.306 e. The summed E-state index contributed by atoms with van der Waals surface area (Å²) in [6.07, 6.45) is 1.94. The summed E-state index contributed by atoms with van der Waals surface area (Å²) >= 11 is 0. The second-order valence-corrected chi connectivity index (χ2v) is 4.37. The summed E-state index contributed by atoms with van der Waals surface area (Å²) in [5.74, 6) is -0.177. The summed E-state index contributed by atoms with van der Waals surface area (Å²) in [7, 11) is 0. The molecule has 0 aliphatic heterocycles. The number of hydrogen-bond donors (Lipinski definition) is 1.